The minimum absolute atomic E-state index is 0.00925. The summed E-state index contributed by atoms with van der Waals surface area (Å²) in [5.74, 6) is -0.00925. The first-order valence-electron chi connectivity index (χ1n) is 8.24. The van der Waals surface area contributed by atoms with Gasteiger partial charge in [0.2, 0.25) is 0 Å². The highest BCUT2D eigenvalue weighted by atomic mass is 35.5. The fourth-order valence-electron chi connectivity index (χ4n) is 3.26. The summed E-state index contributed by atoms with van der Waals surface area (Å²) in [6, 6.07) is 9.61. The summed E-state index contributed by atoms with van der Waals surface area (Å²) < 4.78 is 1.66. The molecule has 1 aliphatic rings. The van der Waals surface area contributed by atoms with Gasteiger partial charge < -0.3 is 9.80 Å². The molecule has 2 aromatic heterocycles. The van der Waals surface area contributed by atoms with E-state index in [1.54, 1.807) is 23.0 Å². The Morgan fingerprint density at radius 3 is 2.64 bits per heavy atom. The number of nitrogens with zero attached hydrogens (tertiary/aromatic N) is 5. The molecule has 128 valence electrons. The maximum atomic E-state index is 13.0. The molecule has 3 aromatic rings. The normalized spacial score (nSPS) is 15.0. The van der Waals surface area contributed by atoms with E-state index in [2.05, 4.69) is 15.0 Å². The molecule has 0 bridgehead atoms. The first-order valence-corrected chi connectivity index (χ1v) is 8.61. The smallest absolute Gasteiger partial charge is 0.259 e. The van der Waals surface area contributed by atoms with Crippen LogP contribution in [0.2, 0.25) is 5.02 Å². The second-order valence-corrected chi connectivity index (χ2v) is 6.49. The number of fused-ring (bicyclic) bond motifs is 1. The summed E-state index contributed by atoms with van der Waals surface area (Å²) in [4.78, 5) is 21.4. The number of carbonyl (C=O) groups is 1. The first-order chi connectivity index (χ1) is 12.1. The zero-order valence-electron chi connectivity index (χ0n) is 13.9. The number of halogens is 1. The van der Waals surface area contributed by atoms with Gasteiger partial charge >= 0.3 is 0 Å². The highest BCUT2D eigenvalue weighted by Crippen LogP contribution is 2.26. The van der Waals surface area contributed by atoms with Crippen molar-refractivity contribution in [3.63, 3.8) is 0 Å². The van der Waals surface area contributed by atoms with Crippen LogP contribution in [0.25, 0.3) is 5.65 Å². The number of benzene rings is 1. The fraction of sp³-hybridized carbons (Fsp3) is 0.278. The Morgan fingerprint density at radius 2 is 1.88 bits per heavy atom. The SMILES string of the molecule is Cc1nn2cccnc2c1C(=O)N1CCN(c2ccccc2Cl)CC1. The molecule has 1 aromatic carbocycles. The molecule has 7 heteroatoms. The number of carbonyl (C=O) groups excluding carboxylic acids is 1. The molecule has 0 N–H and O–H groups in total. The molecular formula is C18H18ClN5O. The number of hydrogen-bond donors (Lipinski definition) is 0. The number of hydrogen-bond acceptors (Lipinski definition) is 4. The largest absolute Gasteiger partial charge is 0.367 e. The highest BCUT2D eigenvalue weighted by Gasteiger charge is 2.27. The number of aryl methyl sites for hydroxylation is 1. The molecule has 0 radical (unpaired) electrons. The van der Waals surface area contributed by atoms with Gasteiger partial charge in [0.15, 0.2) is 5.65 Å². The van der Waals surface area contributed by atoms with E-state index in [1.165, 1.54) is 0 Å². The standard InChI is InChI=1S/C18H18ClN5O/c1-13-16(17-20-7-4-8-24(17)21-13)18(25)23-11-9-22(10-12-23)15-6-3-2-5-14(15)19/h2-8H,9-12H2,1H3. The predicted octanol–water partition coefficient (Wildman–Crippen LogP) is 2.65. The Morgan fingerprint density at radius 1 is 1.12 bits per heavy atom. The van der Waals surface area contributed by atoms with E-state index < -0.39 is 0 Å². The quantitative estimate of drug-likeness (QED) is 0.709. The van der Waals surface area contributed by atoms with Crippen LogP contribution in [0, 0.1) is 6.92 Å². The molecule has 1 fully saturated rings. The maximum absolute atomic E-state index is 13.0. The number of para-hydroxylation sites is 1. The minimum Gasteiger partial charge on any atom is -0.367 e. The summed E-state index contributed by atoms with van der Waals surface area (Å²) in [6.45, 7) is 4.64. The van der Waals surface area contributed by atoms with Crippen LogP contribution in [0.4, 0.5) is 5.69 Å². The molecule has 0 unspecified atom stereocenters. The summed E-state index contributed by atoms with van der Waals surface area (Å²) in [5, 5.41) is 5.12. The molecule has 1 saturated heterocycles. The van der Waals surface area contributed by atoms with Gasteiger partial charge in [-0.2, -0.15) is 5.10 Å². The number of piperazine rings is 1. The van der Waals surface area contributed by atoms with Gasteiger partial charge in [0.25, 0.3) is 5.91 Å². The highest BCUT2D eigenvalue weighted by molar-refractivity contribution is 6.33. The van der Waals surface area contributed by atoms with Crippen molar-refractivity contribution in [1.82, 2.24) is 19.5 Å². The molecule has 4 rings (SSSR count). The second-order valence-electron chi connectivity index (χ2n) is 6.08. The summed E-state index contributed by atoms with van der Waals surface area (Å²) in [5.41, 5.74) is 2.92. The molecule has 0 aliphatic carbocycles. The minimum atomic E-state index is -0.00925. The predicted molar refractivity (Wildman–Crippen MR) is 97.3 cm³/mol. The Bertz CT molecular complexity index is 930. The summed E-state index contributed by atoms with van der Waals surface area (Å²) in [7, 11) is 0. The average Bonchev–Trinajstić information content (AvgIpc) is 2.97. The van der Waals surface area contributed by atoms with Crippen molar-refractivity contribution in [1.29, 1.82) is 0 Å². The van der Waals surface area contributed by atoms with Crippen molar-refractivity contribution in [2.75, 3.05) is 31.1 Å². The molecule has 0 saturated carbocycles. The molecule has 3 heterocycles. The van der Waals surface area contributed by atoms with E-state index in [9.17, 15) is 4.79 Å². The van der Waals surface area contributed by atoms with Crippen molar-refractivity contribution in [3.8, 4) is 0 Å². The van der Waals surface area contributed by atoms with Gasteiger partial charge in [-0.3, -0.25) is 4.79 Å². The van der Waals surface area contributed by atoms with Crippen molar-refractivity contribution in [2.24, 2.45) is 0 Å². The van der Waals surface area contributed by atoms with Crippen molar-refractivity contribution in [3.05, 3.63) is 59.0 Å². The van der Waals surface area contributed by atoms with Crippen LogP contribution in [-0.4, -0.2) is 51.6 Å². The number of aromatic nitrogens is 3. The van der Waals surface area contributed by atoms with Crippen LogP contribution >= 0.6 is 11.6 Å². The van der Waals surface area contributed by atoms with Gasteiger partial charge in [0.1, 0.15) is 5.56 Å². The van der Waals surface area contributed by atoms with Crippen LogP contribution in [-0.2, 0) is 0 Å². The second kappa shape index (κ2) is 6.37. The van der Waals surface area contributed by atoms with E-state index in [4.69, 9.17) is 11.6 Å². The van der Waals surface area contributed by atoms with Gasteiger partial charge in [-0.1, -0.05) is 23.7 Å². The number of rotatable bonds is 2. The van der Waals surface area contributed by atoms with Gasteiger partial charge in [-0.05, 0) is 25.1 Å². The monoisotopic (exact) mass is 355 g/mol. The Kier molecular flexibility index (Phi) is 4.05. The molecule has 1 amide bonds. The van der Waals surface area contributed by atoms with Crippen LogP contribution in [0.3, 0.4) is 0 Å². The lowest BCUT2D eigenvalue weighted by atomic mass is 10.2. The van der Waals surface area contributed by atoms with E-state index in [0.717, 1.165) is 23.8 Å². The van der Waals surface area contributed by atoms with Crippen LogP contribution < -0.4 is 4.90 Å². The van der Waals surface area contributed by atoms with E-state index in [1.807, 2.05) is 36.1 Å². The van der Waals surface area contributed by atoms with Crippen LogP contribution in [0.15, 0.2) is 42.7 Å². The summed E-state index contributed by atoms with van der Waals surface area (Å²) in [6.07, 6.45) is 3.49. The van der Waals surface area contributed by atoms with E-state index in [0.29, 0.717) is 30.0 Å². The van der Waals surface area contributed by atoms with Gasteiger partial charge in [0.05, 0.1) is 16.4 Å². The molecule has 1 aliphatic heterocycles. The average molecular weight is 356 g/mol. The summed E-state index contributed by atoms with van der Waals surface area (Å²) >= 11 is 6.28. The topological polar surface area (TPSA) is 53.7 Å². The third-order valence-electron chi connectivity index (χ3n) is 4.54. The van der Waals surface area contributed by atoms with Crippen LogP contribution in [0.1, 0.15) is 16.1 Å². The lowest BCUT2D eigenvalue weighted by molar-refractivity contribution is 0.0748. The van der Waals surface area contributed by atoms with Crippen molar-refractivity contribution < 1.29 is 4.79 Å². The molecule has 25 heavy (non-hydrogen) atoms. The maximum Gasteiger partial charge on any atom is 0.259 e. The molecule has 0 spiro atoms. The van der Waals surface area contributed by atoms with Crippen molar-refractivity contribution >= 4 is 28.8 Å². The Hall–Kier alpha value is -2.60. The Balaban J connectivity index is 1.53. The van der Waals surface area contributed by atoms with Gasteiger partial charge in [-0.25, -0.2) is 9.50 Å². The van der Waals surface area contributed by atoms with Gasteiger partial charge in [-0.15, -0.1) is 0 Å². The van der Waals surface area contributed by atoms with Crippen molar-refractivity contribution in [2.45, 2.75) is 6.92 Å². The zero-order chi connectivity index (χ0) is 17.4. The molecule has 0 atom stereocenters. The lowest BCUT2D eigenvalue weighted by Crippen LogP contribution is -2.49. The third kappa shape index (κ3) is 2.82. The molecule has 6 nitrogen and oxygen atoms in total. The van der Waals surface area contributed by atoms with E-state index >= 15 is 0 Å². The fourth-order valence-corrected chi connectivity index (χ4v) is 3.52. The third-order valence-corrected chi connectivity index (χ3v) is 4.86. The molecular weight excluding hydrogens is 338 g/mol. The van der Waals surface area contributed by atoms with Crippen LogP contribution in [0.5, 0.6) is 0 Å². The lowest BCUT2D eigenvalue weighted by Gasteiger charge is -2.36. The van der Waals surface area contributed by atoms with Gasteiger partial charge in [0, 0.05) is 38.6 Å². The first kappa shape index (κ1) is 15.9. The number of anilines is 1. The number of amides is 1. The van der Waals surface area contributed by atoms with E-state index in [-0.39, 0.29) is 5.91 Å². The zero-order valence-corrected chi connectivity index (χ0v) is 14.6. The Labute approximate surface area is 150 Å².